The Balaban J connectivity index is 1.52. The van der Waals surface area contributed by atoms with Gasteiger partial charge in [-0.1, -0.05) is 19.1 Å². The third-order valence-electron chi connectivity index (χ3n) is 6.99. The molecule has 1 N–H and O–H groups in total. The van der Waals surface area contributed by atoms with Crippen LogP contribution in [0.4, 0.5) is 10.1 Å². The molecular formula is C30H33FN4O3. The van der Waals surface area contributed by atoms with Crippen molar-refractivity contribution in [1.29, 1.82) is 0 Å². The summed E-state index contributed by atoms with van der Waals surface area (Å²) in [6.45, 7) is 8.38. The Labute approximate surface area is 221 Å². The number of nitrogens with one attached hydrogen (secondary N) is 1. The number of hydrogen-bond donors (Lipinski definition) is 1. The summed E-state index contributed by atoms with van der Waals surface area (Å²) in [6.07, 6.45) is 2.65. The molecule has 198 valence electrons. The van der Waals surface area contributed by atoms with Crippen molar-refractivity contribution >= 4 is 16.6 Å². The number of ether oxygens (including phenoxy) is 2. The van der Waals surface area contributed by atoms with Gasteiger partial charge in [-0.25, -0.2) is 4.39 Å². The van der Waals surface area contributed by atoms with Gasteiger partial charge in [0.05, 0.1) is 30.2 Å². The number of nitrogens with zero attached hydrogens (tertiary/aromatic N) is 3. The molecule has 2 aromatic carbocycles. The van der Waals surface area contributed by atoms with Gasteiger partial charge < -0.3 is 19.4 Å². The number of rotatable bonds is 8. The van der Waals surface area contributed by atoms with E-state index in [1.165, 1.54) is 11.8 Å². The molecule has 0 bridgehead atoms. The molecule has 0 unspecified atom stereocenters. The van der Waals surface area contributed by atoms with Crippen LogP contribution in [0.25, 0.3) is 22.0 Å². The normalized spacial score (nSPS) is 14.2. The van der Waals surface area contributed by atoms with Gasteiger partial charge in [0.2, 0.25) is 5.43 Å². The predicted molar refractivity (Wildman–Crippen MR) is 149 cm³/mol. The lowest BCUT2D eigenvalue weighted by Gasteiger charge is -2.36. The van der Waals surface area contributed by atoms with Crippen molar-refractivity contribution in [1.82, 2.24) is 14.9 Å². The van der Waals surface area contributed by atoms with Crippen molar-refractivity contribution in [2.45, 2.75) is 26.8 Å². The highest BCUT2D eigenvalue weighted by molar-refractivity contribution is 5.89. The summed E-state index contributed by atoms with van der Waals surface area (Å²) in [5.74, 6) is 0.616. The van der Waals surface area contributed by atoms with Crippen LogP contribution in [0.1, 0.15) is 24.7 Å². The summed E-state index contributed by atoms with van der Waals surface area (Å²) < 4.78 is 26.3. The van der Waals surface area contributed by atoms with E-state index in [1.807, 2.05) is 50.4 Å². The largest absolute Gasteiger partial charge is 0.497 e. The fourth-order valence-electron chi connectivity index (χ4n) is 5.01. The highest BCUT2D eigenvalue weighted by Crippen LogP contribution is 2.31. The van der Waals surface area contributed by atoms with Gasteiger partial charge in [-0.05, 0) is 55.3 Å². The Kier molecular flexibility index (Phi) is 7.60. The molecular weight excluding hydrogens is 483 g/mol. The molecule has 0 saturated carbocycles. The molecule has 1 fully saturated rings. The molecule has 0 spiro atoms. The maximum absolute atomic E-state index is 15.1. The minimum atomic E-state index is -0.562. The predicted octanol–water partition coefficient (Wildman–Crippen LogP) is 5.16. The maximum Gasteiger partial charge on any atom is 0.200 e. The summed E-state index contributed by atoms with van der Waals surface area (Å²) in [4.78, 5) is 26.3. The number of hydrogen-bond acceptors (Lipinski definition) is 6. The summed E-state index contributed by atoms with van der Waals surface area (Å²) in [5.41, 5.74) is 4.16. The molecule has 7 nitrogen and oxygen atoms in total. The number of aromatic amines is 1. The lowest BCUT2D eigenvalue weighted by molar-refractivity contribution is 0.247. The van der Waals surface area contributed by atoms with Crippen LogP contribution < -0.4 is 19.8 Å². The number of aryl methyl sites for hydroxylation is 1. The van der Waals surface area contributed by atoms with Crippen LogP contribution in [0.2, 0.25) is 0 Å². The molecule has 4 aromatic rings. The molecule has 0 aliphatic carbocycles. The quantitative estimate of drug-likeness (QED) is 0.349. The second-order valence-corrected chi connectivity index (χ2v) is 9.60. The zero-order valence-electron chi connectivity index (χ0n) is 22.1. The number of aromatic nitrogens is 2. The Morgan fingerprint density at radius 2 is 1.82 bits per heavy atom. The van der Waals surface area contributed by atoms with Crippen LogP contribution in [0.5, 0.6) is 11.5 Å². The van der Waals surface area contributed by atoms with Crippen LogP contribution in [0.3, 0.4) is 0 Å². The van der Waals surface area contributed by atoms with Crippen LogP contribution in [0, 0.1) is 12.7 Å². The number of fused-ring (bicyclic) bond motifs is 1. The number of pyridine rings is 2. The topological polar surface area (TPSA) is 70.7 Å². The number of benzene rings is 2. The molecule has 38 heavy (non-hydrogen) atoms. The fourth-order valence-corrected chi connectivity index (χ4v) is 5.01. The van der Waals surface area contributed by atoms with E-state index in [1.54, 1.807) is 13.2 Å². The van der Waals surface area contributed by atoms with E-state index in [0.717, 1.165) is 44.0 Å². The van der Waals surface area contributed by atoms with Crippen molar-refractivity contribution in [2.75, 3.05) is 44.8 Å². The standard InChI is InChI=1S/C30H33FN4O3/c1-4-17-38-26-10-9-24(31)28-29(26)33-25(27(30(28)36)21-5-7-23(37-3)8-6-21)19-34-13-15-35(16-14-34)22-11-12-32-20(2)18-22/h5-12,18H,4,13-17,19H2,1-3H3,(H,33,36). The second-order valence-electron chi connectivity index (χ2n) is 9.60. The highest BCUT2D eigenvalue weighted by atomic mass is 19.1. The smallest absolute Gasteiger partial charge is 0.200 e. The third-order valence-corrected chi connectivity index (χ3v) is 6.99. The Hall–Kier alpha value is -3.91. The fraction of sp³-hybridized carbons (Fsp3) is 0.333. The highest BCUT2D eigenvalue weighted by Gasteiger charge is 2.23. The van der Waals surface area contributed by atoms with Gasteiger partial charge >= 0.3 is 0 Å². The van der Waals surface area contributed by atoms with E-state index >= 15 is 4.39 Å². The van der Waals surface area contributed by atoms with Gasteiger partial charge in [0.1, 0.15) is 17.3 Å². The van der Waals surface area contributed by atoms with Crippen LogP contribution in [-0.2, 0) is 6.54 Å². The van der Waals surface area contributed by atoms with E-state index in [2.05, 4.69) is 25.8 Å². The van der Waals surface area contributed by atoms with Gasteiger partial charge in [0.25, 0.3) is 0 Å². The molecule has 1 aliphatic rings. The first-order valence-electron chi connectivity index (χ1n) is 13.0. The van der Waals surface area contributed by atoms with Gasteiger partial charge in [-0.3, -0.25) is 14.7 Å². The average molecular weight is 517 g/mol. The molecule has 5 rings (SSSR count). The van der Waals surface area contributed by atoms with Gasteiger partial charge in [-0.15, -0.1) is 0 Å². The van der Waals surface area contributed by atoms with E-state index in [0.29, 0.717) is 41.3 Å². The number of methoxy groups -OCH3 is 1. The lowest BCUT2D eigenvalue weighted by atomic mass is 9.99. The van der Waals surface area contributed by atoms with Crippen molar-refractivity contribution in [3.8, 4) is 22.6 Å². The molecule has 8 heteroatoms. The maximum atomic E-state index is 15.1. The second kappa shape index (κ2) is 11.2. The van der Waals surface area contributed by atoms with Gasteiger partial charge in [0.15, 0.2) is 0 Å². The van der Waals surface area contributed by atoms with Crippen LogP contribution in [0.15, 0.2) is 59.5 Å². The Morgan fingerprint density at radius 3 is 2.50 bits per heavy atom. The van der Waals surface area contributed by atoms with Crippen molar-refractivity contribution in [2.24, 2.45) is 0 Å². The molecule has 1 saturated heterocycles. The summed E-state index contributed by atoms with van der Waals surface area (Å²) in [5, 5.41) is 0.0195. The molecule has 2 aromatic heterocycles. The van der Waals surface area contributed by atoms with E-state index in [4.69, 9.17) is 9.47 Å². The SMILES string of the molecule is CCCOc1ccc(F)c2c(=O)c(-c3ccc(OC)cc3)c(CN3CCN(c4ccnc(C)c4)CC3)[nH]c12. The number of H-pyrrole nitrogens is 1. The molecule has 3 heterocycles. The first-order valence-corrected chi connectivity index (χ1v) is 13.0. The number of anilines is 1. The molecule has 0 atom stereocenters. The van der Waals surface area contributed by atoms with E-state index in [9.17, 15) is 4.79 Å². The Morgan fingerprint density at radius 1 is 1.05 bits per heavy atom. The first-order chi connectivity index (χ1) is 18.5. The molecule has 0 radical (unpaired) electrons. The zero-order valence-corrected chi connectivity index (χ0v) is 22.1. The van der Waals surface area contributed by atoms with E-state index in [-0.39, 0.29) is 10.8 Å². The summed E-state index contributed by atoms with van der Waals surface area (Å²) >= 11 is 0. The van der Waals surface area contributed by atoms with Crippen molar-refractivity contribution < 1.29 is 13.9 Å². The summed E-state index contributed by atoms with van der Waals surface area (Å²) in [7, 11) is 1.60. The number of piperazine rings is 1. The molecule has 1 aliphatic heterocycles. The van der Waals surface area contributed by atoms with Crippen LogP contribution >= 0.6 is 0 Å². The minimum absolute atomic E-state index is 0.0195. The zero-order chi connectivity index (χ0) is 26.6. The van der Waals surface area contributed by atoms with Crippen molar-refractivity contribution in [3.63, 3.8) is 0 Å². The Bertz CT molecular complexity index is 1480. The third kappa shape index (κ3) is 5.22. The summed E-state index contributed by atoms with van der Waals surface area (Å²) in [6, 6.07) is 14.4. The van der Waals surface area contributed by atoms with Crippen LogP contribution in [-0.4, -0.2) is 54.8 Å². The monoisotopic (exact) mass is 516 g/mol. The van der Waals surface area contributed by atoms with Gasteiger partial charge in [-0.2, -0.15) is 0 Å². The average Bonchev–Trinajstić information content (AvgIpc) is 2.93. The van der Waals surface area contributed by atoms with E-state index < -0.39 is 5.82 Å². The number of halogens is 1. The molecule has 0 amide bonds. The first kappa shape index (κ1) is 25.7. The lowest BCUT2D eigenvalue weighted by Crippen LogP contribution is -2.46. The van der Waals surface area contributed by atoms with Gasteiger partial charge in [0, 0.05) is 56.0 Å². The van der Waals surface area contributed by atoms with Crippen molar-refractivity contribution in [3.05, 3.63) is 82.2 Å². The minimum Gasteiger partial charge on any atom is -0.497 e.